The molecular weight excluding hydrogens is 323 g/mol. The summed E-state index contributed by atoms with van der Waals surface area (Å²) in [6.07, 6.45) is 13.3. The Morgan fingerprint density at radius 1 is 0.826 bits per heavy atom. The van der Waals surface area contributed by atoms with Crippen LogP contribution in [0.3, 0.4) is 0 Å². The predicted octanol–water partition coefficient (Wildman–Crippen LogP) is 1.38. The van der Waals surface area contributed by atoms with Crippen LogP contribution in [0, 0.1) is 0 Å². The molecule has 1 N–H and O–H groups in total. The zero-order chi connectivity index (χ0) is 16.8. The number of hydrogen-bond donors (Lipinski definition) is 1. The first kappa shape index (κ1) is 26.1. The van der Waals surface area contributed by atoms with Crippen LogP contribution in [0.2, 0.25) is 0 Å². The fraction of sp³-hybridized carbons (Fsp3) is 1.00. The number of rotatable bonds is 15. The molecule has 0 radical (unpaired) electrons. The largest absolute Gasteiger partial charge is 1.00 e. The van der Waals surface area contributed by atoms with Gasteiger partial charge in [0.2, 0.25) is 0 Å². The van der Waals surface area contributed by atoms with Gasteiger partial charge in [0.15, 0.2) is 0 Å². The van der Waals surface area contributed by atoms with E-state index in [-0.39, 0.29) is 35.7 Å². The van der Waals surface area contributed by atoms with E-state index >= 15 is 0 Å². The van der Waals surface area contributed by atoms with Gasteiger partial charge in [0.05, 0.1) is 16.2 Å². The Bertz CT molecular complexity index is 347. The predicted molar refractivity (Wildman–Crippen MR) is 90.9 cm³/mol. The smallest absolute Gasteiger partial charge is 0.748 e. The maximum Gasteiger partial charge on any atom is 1.00 e. The molecule has 0 aliphatic rings. The quantitative estimate of drug-likeness (QED) is 0.272. The van der Waals surface area contributed by atoms with Crippen LogP contribution in [0.25, 0.3) is 0 Å². The molecule has 0 aromatic heterocycles. The van der Waals surface area contributed by atoms with Crippen molar-refractivity contribution < 1.29 is 47.6 Å². The second kappa shape index (κ2) is 16.3. The Hall–Kier alpha value is 0.870. The third-order valence-corrected chi connectivity index (χ3v) is 5.50. The Labute approximate surface area is 165 Å². The molecule has 23 heavy (non-hydrogen) atoms. The summed E-state index contributed by atoms with van der Waals surface area (Å²) in [5.41, 5.74) is 0. The molecule has 0 aromatic rings. The zero-order valence-corrected chi connectivity index (χ0v) is 18.2. The van der Waals surface area contributed by atoms with Crippen LogP contribution < -0.4 is 29.6 Å². The van der Waals surface area contributed by atoms with Crippen LogP contribution in [0.4, 0.5) is 0 Å². The van der Waals surface area contributed by atoms with Gasteiger partial charge >= 0.3 is 29.6 Å². The number of aliphatic hydroxyl groups excluding tert-OH is 1. The second-order valence-corrected chi connectivity index (χ2v) is 8.30. The van der Waals surface area contributed by atoms with Crippen molar-refractivity contribution in [2.24, 2.45) is 0 Å². The van der Waals surface area contributed by atoms with Crippen molar-refractivity contribution in [3.63, 3.8) is 0 Å². The molecule has 0 aliphatic heterocycles. The molecule has 0 bridgehead atoms. The van der Waals surface area contributed by atoms with Gasteiger partial charge in [0, 0.05) is 5.25 Å². The van der Waals surface area contributed by atoms with Gasteiger partial charge in [-0.25, -0.2) is 8.42 Å². The summed E-state index contributed by atoms with van der Waals surface area (Å²) in [6.45, 7) is 3.68. The summed E-state index contributed by atoms with van der Waals surface area (Å²) in [7, 11) is -4.15. The van der Waals surface area contributed by atoms with Crippen LogP contribution >= 0.6 is 0 Å². The third kappa shape index (κ3) is 17.5. The van der Waals surface area contributed by atoms with Crippen molar-refractivity contribution in [1.82, 2.24) is 0 Å². The summed E-state index contributed by atoms with van der Waals surface area (Å²) >= 11 is 0. The minimum atomic E-state index is -4.15. The molecule has 0 aliphatic carbocycles. The van der Waals surface area contributed by atoms with Gasteiger partial charge in [0.25, 0.3) is 0 Å². The third-order valence-electron chi connectivity index (χ3n) is 4.28. The van der Waals surface area contributed by atoms with Crippen molar-refractivity contribution in [3.05, 3.63) is 0 Å². The summed E-state index contributed by atoms with van der Waals surface area (Å²) < 4.78 is 32.2. The molecule has 6 heteroatoms. The molecule has 2 atom stereocenters. The Balaban J connectivity index is 0. The molecule has 2 unspecified atom stereocenters. The summed E-state index contributed by atoms with van der Waals surface area (Å²) in [6, 6.07) is 0. The van der Waals surface area contributed by atoms with Crippen molar-refractivity contribution >= 4 is 10.1 Å². The van der Waals surface area contributed by atoms with E-state index < -0.39 is 15.4 Å². The molecule has 0 rings (SSSR count). The minimum Gasteiger partial charge on any atom is -0.748 e. The van der Waals surface area contributed by atoms with Gasteiger partial charge in [-0.1, -0.05) is 71.1 Å². The maximum atomic E-state index is 10.7. The van der Waals surface area contributed by atoms with Crippen molar-refractivity contribution in [3.8, 4) is 0 Å². The number of aliphatic hydroxyl groups is 1. The Kier molecular flexibility index (Phi) is 18.5. The fourth-order valence-electron chi connectivity index (χ4n) is 2.61. The first-order chi connectivity index (χ1) is 10.4. The molecule has 0 fully saturated rings. The summed E-state index contributed by atoms with van der Waals surface area (Å²) in [5, 5.41) is 9.06. The van der Waals surface area contributed by atoms with E-state index in [1.807, 2.05) is 0 Å². The standard InChI is InChI=1S/C17H36O4S.Na/c1-3-4-5-6-7-8-9-10-14-17(18)15-12-11-13-16(2)22(19,20)21;/h16-18H,3-15H2,1-2H3,(H,19,20,21);/q;+1/p-1. The molecule has 0 saturated carbocycles. The van der Waals surface area contributed by atoms with Gasteiger partial charge in [-0.15, -0.1) is 0 Å². The van der Waals surface area contributed by atoms with Crippen molar-refractivity contribution in [2.45, 2.75) is 109 Å². The molecule has 0 spiro atoms. The first-order valence-electron chi connectivity index (χ1n) is 9.00. The number of unbranched alkanes of at least 4 members (excludes halogenated alkanes) is 8. The van der Waals surface area contributed by atoms with Crippen molar-refractivity contribution in [2.75, 3.05) is 0 Å². The number of hydrogen-bond acceptors (Lipinski definition) is 4. The molecule has 134 valence electrons. The van der Waals surface area contributed by atoms with E-state index in [1.165, 1.54) is 51.9 Å². The van der Waals surface area contributed by atoms with Crippen LogP contribution in [0.5, 0.6) is 0 Å². The van der Waals surface area contributed by atoms with E-state index in [9.17, 15) is 18.1 Å². The Morgan fingerprint density at radius 3 is 1.70 bits per heavy atom. The van der Waals surface area contributed by atoms with Gasteiger partial charge in [-0.05, 0) is 26.2 Å². The van der Waals surface area contributed by atoms with Gasteiger partial charge < -0.3 is 9.66 Å². The molecule has 0 heterocycles. The maximum absolute atomic E-state index is 10.7. The van der Waals surface area contributed by atoms with Gasteiger partial charge in [-0.3, -0.25) is 0 Å². The van der Waals surface area contributed by atoms with Crippen LogP contribution in [-0.4, -0.2) is 29.4 Å². The van der Waals surface area contributed by atoms with E-state index in [0.29, 0.717) is 19.3 Å². The van der Waals surface area contributed by atoms with Gasteiger partial charge in [0.1, 0.15) is 0 Å². The molecule has 0 saturated heterocycles. The minimum absolute atomic E-state index is 0. The molecule has 0 amide bonds. The van der Waals surface area contributed by atoms with E-state index in [2.05, 4.69) is 6.92 Å². The molecule has 4 nitrogen and oxygen atoms in total. The summed E-state index contributed by atoms with van der Waals surface area (Å²) in [5.74, 6) is 0. The molecular formula is C17H35NaO4S. The fourth-order valence-corrected chi connectivity index (χ4v) is 3.07. The van der Waals surface area contributed by atoms with Gasteiger partial charge in [-0.2, -0.15) is 0 Å². The van der Waals surface area contributed by atoms with Crippen LogP contribution in [0.15, 0.2) is 0 Å². The molecule has 0 aromatic carbocycles. The average Bonchev–Trinajstić information content (AvgIpc) is 2.45. The summed E-state index contributed by atoms with van der Waals surface area (Å²) in [4.78, 5) is 0. The first-order valence-corrected chi connectivity index (χ1v) is 10.5. The van der Waals surface area contributed by atoms with E-state index in [1.54, 1.807) is 0 Å². The monoisotopic (exact) mass is 358 g/mol. The topological polar surface area (TPSA) is 77.4 Å². The van der Waals surface area contributed by atoms with Crippen LogP contribution in [0.1, 0.15) is 97.3 Å². The second-order valence-electron chi connectivity index (χ2n) is 6.51. The van der Waals surface area contributed by atoms with E-state index in [0.717, 1.165) is 19.3 Å². The Morgan fingerprint density at radius 2 is 1.22 bits per heavy atom. The zero-order valence-electron chi connectivity index (χ0n) is 15.4. The normalized spacial score (nSPS) is 14.3. The van der Waals surface area contributed by atoms with E-state index in [4.69, 9.17) is 0 Å². The SMILES string of the molecule is CCCCCCCCCCC(O)CCCCC(C)S(=O)(=O)[O-].[Na+]. The average molecular weight is 359 g/mol. The van der Waals surface area contributed by atoms with Crippen molar-refractivity contribution in [1.29, 1.82) is 0 Å². The van der Waals surface area contributed by atoms with Crippen LogP contribution in [-0.2, 0) is 10.1 Å².